The Morgan fingerprint density at radius 3 is 2.43 bits per heavy atom. The van der Waals surface area contributed by atoms with E-state index in [1.165, 1.54) is 7.11 Å². The van der Waals surface area contributed by atoms with Crippen LogP contribution in [0.4, 0.5) is 14.5 Å². The van der Waals surface area contributed by atoms with Gasteiger partial charge in [0.05, 0.1) is 17.3 Å². The van der Waals surface area contributed by atoms with Gasteiger partial charge in [-0.15, -0.1) is 0 Å². The number of phenolic OH excluding ortho intramolecular Hbond substituents is 1. The summed E-state index contributed by atoms with van der Waals surface area (Å²) in [5.74, 6) is -2.47. The van der Waals surface area contributed by atoms with Gasteiger partial charge >= 0.3 is 0 Å². The van der Waals surface area contributed by atoms with Gasteiger partial charge in [-0.05, 0) is 45.8 Å². The second-order valence-electron chi connectivity index (χ2n) is 4.23. The average Bonchev–Trinajstić information content (AvgIpc) is 2.41. The van der Waals surface area contributed by atoms with Crippen LogP contribution in [0.1, 0.15) is 5.56 Å². The SMILES string of the molecule is COc1c(Br)cc(Cl)cc1NCc1cc(F)c(O)c(F)c1. The maximum absolute atomic E-state index is 13.3. The van der Waals surface area contributed by atoms with Gasteiger partial charge in [0, 0.05) is 11.6 Å². The van der Waals surface area contributed by atoms with Crippen molar-refractivity contribution < 1.29 is 18.6 Å². The minimum atomic E-state index is -1.01. The third-order valence-electron chi connectivity index (χ3n) is 2.77. The summed E-state index contributed by atoms with van der Waals surface area (Å²) in [5, 5.41) is 12.5. The Bertz CT molecular complexity index is 659. The van der Waals surface area contributed by atoms with Gasteiger partial charge in [-0.2, -0.15) is 0 Å². The second-order valence-corrected chi connectivity index (χ2v) is 5.52. The molecule has 0 spiro atoms. The Hall–Kier alpha value is -1.53. The number of anilines is 1. The van der Waals surface area contributed by atoms with Gasteiger partial charge in [-0.25, -0.2) is 8.78 Å². The standard InChI is InChI=1S/C14H11BrClF2NO2/c1-21-14-9(15)4-8(16)5-12(14)19-6-7-2-10(17)13(20)11(18)3-7/h2-5,19-20H,6H2,1H3. The normalized spacial score (nSPS) is 10.5. The van der Waals surface area contributed by atoms with Crippen LogP contribution in [0.25, 0.3) is 0 Å². The minimum Gasteiger partial charge on any atom is -0.503 e. The first-order valence-electron chi connectivity index (χ1n) is 5.86. The van der Waals surface area contributed by atoms with E-state index in [9.17, 15) is 8.78 Å². The predicted molar refractivity (Wildman–Crippen MR) is 81.1 cm³/mol. The fourth-order valence-corrected chi connectivity index (χ4v) is 2.79. The first kappa shape index (κ1) is 15.9. The third-order valence-corrected chi connectivity index (χ3v) is 3.58. The summed E-state index contributed by atoms with van der Waals surface area (Å²) in [7, 11) is 1.50. The van der Waals surface area contributed by atoms with Crippen molar-refractivity contribution in [3.8, 4) is 11.5 Å². The molecular formula is C14H11BrClF2NO2. The van der Waals surface area contributed by atoms with Crippen molar-refractivity contribution in [3.63, 3.8) is 0 Å². The van der Waals surface area contributed by atoms with Gasteiger partial charge in [0.15, 0.2) is 23.1 Å². The molecule has 0 radical (unpaired) electrons. The largest absolute Gasteiger partial charge is 0.503 e. The van der Waals surface area contributed by atoms with Crippen LogP contribution in [0.5, 0.6) is 11.5 Å². The van der Waals surface area contributed by atoms with Crippen molar-refractivity contribution in [2.45, 2.75) is 6.54 Å². The van der Waals surface area contributed by atoms with Crippen LogP contribution in [-0.2, 0) is 6.54 Å². The van der Waals surface area contributed by atoms with Gasteiger partial charge in [0.1, 0.15) is 0 Å². The Morgan fingerprint density at radius 2 is 1.86 bits per heavy atom. The number of methoxy groups -OCH3 is 1. The van der Waals surface area contributed by atoms with Crippen LogP contribution in [0.15, 0.2) is 28.7 Å². The smallest absolute Gasteiger partial charge is 0.187 e. The van der Waals surface area contributed by atoms with Crippen LogP contribution in [0, 0.1) is 11.6 Å². The number of phenols is 1. The van der Waals surface area contributed by atoms with E-state index in [0.29, 0.717) is 26.5 Å². The molecule has 0 bridgehead atoms. The number of hydrogen-bond donors (Lipinski definition) is 2. The summed E-state index contributed by atoms with van der Waals surface area (Å²) < 4.78 is 32.4. The molecule has 0 saturated carbocycles. The third kappa shape index (κ3) is 3.57. The molecule has 21 heavy (non-hydrogen) atoms. The highest BCUT2D eigenvalue weighted by Gasteiger charge is 2.12. The van der Waals surface area contributed by atoms with E-state index in [2.05, 4.69) is 21.2 Å². The number of aromatic hydroxyl groups is 1. The lowest BCUT2D eigenvalue weighted by atomic mass is 10.2. The van der Waals surface area contributed by atoms with Gasteiger partial charge in [-0.3, -0.25) is 0 Å². The molecule has 2 N–H and O–H groups in total. The van der Waals surface area contributed by atoms with Crippen LogP contribution in [0.2, 0.25) is 5.02 Å². The minimum absolute atomic E-state index is 0.136. The highest BCUT2D eigenvalue weighted by Crippen LogP contribution is 2.36. The maximum Gasteiger partial charge on any atom is 0.187 e. The molecule has 0 aliphatic rings. The molecule has 7 heteroatoms. The average molecular weight is 379 g/mol. The van der Waals surface area contributed by atoms with Crippen molar-refractivity contribution >= 4 is 33.2 Å². The fourth-order valence-electron chi connectivity index (χ4n) is 1.82. The summed E-state index contributed by atoms with van der Waals surface area (Å²) in [6.45, 7) is 0.136. The van der Waals surface area contributed by atoms with E-state index in [-0.39, 0.29) is 6.54 Å². The fraction of sp³-hybridized carbons (Fsp3) is 0.143. The Kier molecular flexibility index (Phi) is 4.90. The highest BCUT2D eigenvalue weighted by atomic mass is 79.9. The lowest BCUT2D eigenvalue weighted by molar-refractivity contribution is 0.395. The van der Waals surface area contributed by atoms with Crippen molar-refractivity contribution in [1.29, 1.82) is 0 Å². The van der Waals surface area contributed by atoms with Crippen LogP contribution in [-0.4, -0.2) is 12.2 Å². The number of benzene rings is 2. The zero-order valence-corrected chi connectivity index (χ0v) is 13.2. The predicted octanol–water partition coefficient (Wildman–Crippen LogP) is 4.71. The molecule has 0 fully saturated rings. The van der Waals surface area contributed by atoms with Crippen molar-refractivity contribution in [1.82, 2.24) is 0 Å². The van der Waals surface area contributed by atoms with E-state index in [4.69, 9.17) is 21.4 Å². The molecule has 2 aromatic rings. The molecule has 3 nitrogen and oxygen atoms in total. The summed E-state index contributed by atoms with van der Waals surface area (Å²) >= 11 is 9.27. The summed E-state index contributed by atoms with van der Waals surface area (Å²) in [5.41, 5.74) is 0.909. The van der Waals surface area contributed by atoms with Crippen molar-refractivity contribution in [2.75, 3.05) is 12.4 Å². The van der Waals surface area contributed by atoms with Crippen molar-refractivity contribution in [3.05, 3.63) is 51.0 Å². The van der Waals surface area contributed by atoms with E-state index in [1.54, 1.807) is 12.1 Å². The summed E-state index contributed by atoms with van der Waals surface area (Å²) in [4.78, 5) is 0. The Morgan fingerprint density at radius 1 is 1.24 bits per heavy atom. The molecule has 0 aromatic heterocycles. The summed E-state index contributed by atoms with van der Waals surface area (Å²) in [6.07, 6.45) is 0. The highest BCUT2D eigenvalue weighted by molar-refractivity contribution is 9.10. The zero-order valence-electron chi connectivity index (χ0n) is 10.9. The zero-order chi connectivity index (χ0) is 15.6. The van der Waals surface area contributed by atoms with Crippen molar-refractivity contribution in [2.24, 2.45) is 0 Å². The molecule has 0 amide bonds. The molecular weight excluding hydrogens is 368 g/mol. The first-order chi connectivity index (χ1) is 9.92. The lowest BCUT2D eigenvalue weighted by Crippen LogP contribution is -2.03. The van der Waals surface area contributed by atoms with Crippen LogP contribution >= 0.6 is 27.5 Å². The van der Waals surface area contributed by atoms with Crippen LogP contribution in [0.3, 0.4) is 0 Å². The quantitative estimate of drug-likeness (QED) is 0.810. The van der Waals surface area contributed by atoms with E-state index < -0.39 is 17.4 Å². The number of halogens is 4. The van der Waals surface area contributed by atoms with Gasteiger partial charge in [0.2, 0.25) is 0 Å². The maximum atomic E-state index is 13.3. The molecule has 2 rings (SSSR count). The molecule has 0 heterocycles. The number of hydrogen-bond acceptors (Lipinski definition) is 3. The van der Waals surface area contributed by atoms with E-state index in [1.807, 2.05) is 0 Å². The number of ether oxygens (including phenoxy) is 1. The molecule has 2 aromatic carbocycles. The van der Waals surface area contributed by atoms with Gasteiger partial charge in [-0.1, -0.05) is 11.6 Å². The number of nitrogens with one attached hydrogen (secondary N) is 1. The topological polar surface area (TPSA) is 41.5 Å². The van der Waals surface area contributed by atoms with E-state index >= 15 is 0 Å². The molecule has 0 aliphatic heterocycles. The molecule has 0 atom stereocenters. The molecule has 0 saturated heterocycles. The van der Waals surface area contributed by atoms with Gasteiger partial charge in [0.25, 0.3) is 0 Å². The van der Waals surface area contributed by atoms with Gasteiger partial charge < -0.3 is 15.2 Å². The number of rotatable bonds is 4. The summed E-state index contributed by atoms with van der Waals surface area (Å²) in [6, 6.07) is 5.42. The molecule has 0 aliphatic carbocycles. The second kappa shape index (κ2) is 6.49. The lowest BCUT2D eigenvalue weighted by Gasteiger charge is -2.13. The van der Waals surface area contributed by atoms with Crippen LogP contribution < -0.4 is 10.1 Å². The first-order valence-corrected chi connectivity index (χ1v) is 7.03. The monoisotopic (exact) mass is 377 g/mol. The Balaban J connectivity index is 2.24. The van der Waals surface area contributed by atoms with E-state index in [0.717, 1.165) is 12.1 Å². The molecule has 112 valence electrons. The molecule has 0 unspecified atom stereocenters. The Labute approximate surface area is 133 Å².